The van der Waals surface area contributed by atoms with Gasteiger partial charge in [0, 0.05) is 11.1 Å². The molecule has 0 saturated heterocycles. The number of phenols is 2. The lowest BCUT2D eigenvalue weighted by Gasteiger charge is -2.13. The zero-order chi connectivity index (χ0) is 17.6. The van der Waals surface area contributed by atoms with Crippen molar-refractivity contribution in [1.82, 2.24) is 0 Å². The molecule has 3 rings (SSSR count). The minimum Gasteiger partial charge on any atom is -0.508 e. The highest BCUT2D eigenvalue weighted by Gasteiger charge is 2.08. The lowest BCUT2D eigenvalue weighted by atomic mass is 10.2. The van der Waals surface area contributed by atoms with Crippen molar-refractivity contribution in [3.05, 3.63) is 82.9 Å². The van der Waals surface area contributed by atoms with Crippen LogP contribution in [0.4, 0.5) is 0 Å². The quantitative estimate of drug-likeness (QED) is 0.659. The second-order valence-electron chi connectivity index (χ2n) is 5.51. The van der Waals surface area contributed by atoms with Crippen LogP contribution in [-0.2, 0) is 13.2 Å². The topological polar surface area (TPSA) is 58.9 Å². The Morgan fingerprint density at radius 3 is 1.80 bits per heavy atom. The lowest BCUT2D eigenvalue weighted by Crippen LogP contribution is -2.00. The number of benzene rings is 3. The van der Waals surface area contributed by atoms with Crippen LogP contribution in [0.2, 0.25) is 5.02 Å². The molecule has 0 saturated carbocycles. The summed E-state index contributed by atoms with van der Waals surface area (Å²) in [5, 5.41) is 19.6. The summed E-state index contributed by atoms with van der Waals surface area (Å²) in [5.74, 6) is 1.44. The van der Waals surface area contributed by atoms with Crippen LogP contribution in [-0.4, -0.2) is 10.2 Å². The maximum absolute atomic E-state index is 9.52. The summed E-state index contributed by atoms with van der Waals surface area (Å²) in [6, 6.07) is 18.9. The fourth-order valence-corrected chi connectivity index (χ4v) is 2.49. The van der Waals surface area contributed by atoms with Gasteiger partial charge < -0.3 is 19.7 Å². The summed E-state index contributed by atoms with van der Waals surface area (Å²) in [4.78, 5) is 0. The minimum atomic E-state index is 0.188. The summed E-state index contributed by atoms with van der Waals surface area (Å²) in [5.41, 5.74) is 1.67. The molecule has 0 aliphatic heterocycles. The Bertz CT molecular complexity index is 864. The van der Waals surface area contributed by atoms with Crippen molar-refractivity contribution >= 4 is 11.6 Å². The van der Waals surface area contributed by atoms with Crippen molar-refractivity contribution in [3.63, 3.8) is 0 Å². The number of ether oxygens (including phenoxy) is 2. The van der Waals surface area contributed by atoms with Crippen LogP contribution >= 0.6 is 11.6 Å². The molecule has 0 unspecified atom stereocenters. The van der Waals surface area contributed by atoms with E-state index in [4.69, 9.17) is 21.1 Å². The standard InChI is InChI=1S/C20H17ClO4/c21-16-7-8-19(24-12-14-3-1-5-17(22)9-14)20(11-16)25-13-15-4-2-6-18(23)10-15/h1-11,22-23H,12-13H2. The van der Waals surface area contributed by atoms with Crippen molar-refractivity contribution in [1.29, 1.82) is 0 Å². The van der Waals surface area contributed by atoms with Crippen LogP contribution in [0.5, 0.6) is 23.0 Å². The van der Waals surface area contributed by atoms with Crippen LogP contribution in [0.1, 0.15) is 11.1 Å². The molecule has 3 aromatic carbocycles. The van der Waals surface area contributed by atoms with Gasteiger partial charge in [-0.3, -0.25) is 0 Å². The highest BCUT2D eigenvalue weighted by Crippen LogP contribution is 2.32. The number of halogens is 1. The van der Waals surface area contributed by atoms with E-state index in [2.05, 4.69) is 0 Å². The molecule has 5 heteroatoms. The lowest BCUT2D eigenvalue weighted by molar-refractivity contribution is 0.255. The van der Waals surface area contributed by atoms with E-state index in [0.717, 1.165) is 11.1 Å². The van der Waals surface area contributed by atoms with Gasteiger partial charge >= 0.3 is 0 Å². The first-order chi connectivity index (χ1) is 12.1. The van der Waals surface area contributed by atoms with Crippen molar-refractivity contribution in [2.45, 2.75) is 13.2 Å². The van der Waals surface area contributed by atoms with Crippen molar-refractivity contribution in [3.8, 4) is 23.0 Å². The molecule has 0 aliphatic rings. The Morgan fingerprint density at radius 1 is 0.680 bits per heavy atom. The van der Waals surface area contributed by atoms with Gasteiger partial charge in [-0.25, -0.2) is 0 Å². The van der Waals surface area contributed by atoms with Gasteiger partial charge in [-0.15, -0.1) is 0 Å². The molecular weight excluding hydrogens is 340 g/mol. The fraction of sp³-hybridized carbons (Fsp3) is 0.100. The molecule has 0 amide bonds. The second-order valence-corrected chi connectivity index (χ2v) is 5.94. The summed E-state index contributed by atoms with van der Waals surface area (Å²) < 4.78 is 11.6. The van der Waals surface area contributed by atoms with Crippen LogP contribution in [0.3, 0.4) is 0 Å². The average Bonchev–Trinajstić information content (AvgIpc) is 2.59. The third-order valence-electron chi connectivity index (χ3n) is 3.52. The Morgan fingerprint density at radius 2 is 1.24 bits per heavy atom. The van der Waals surface area contributed by atoms with Crippen LogP contribution in [0.15, 0.2) is 66.7 Å². The van der Waals surface area contributed by atoms with Crippen molar-refractivity contribution in [2.24, 2.45) is 0 Å². The molecule has 2 N–H and O–H groups in total. The van der Waals surface area contributed by atoms with Crippen molar-refractivity contribution < 1.29 is 19.7 Å². The van der Waals surface area contributed by atoms with Crippen LogP contribution in [0.25, 0.3) is 0 Å². The zero-order valence-corrected chi connectivity index (χ0v) is 14.1. The van der Waals surface area contributed by atoms with E-state index in [0.29, 0.717) is 23.1 Å². The second kappa shape index (κ2) is 7.81. The van der Waals surface area contributed by atoms with Gasteiger partial charge in [0.2, 0.25) is 0 Å². The summed E-state index contributed by atoms with van der Waals surface area (Å²) >= 11 is 6.05. The van der Waals surface area contributed by atoms with Gasteiger partial charge in [0.15, 0.2) is 11.5 Å². The number of rotatable bonds is 6. The SMILES string of the molecule is Oc1cccc(COc2ccc(Cl)cc2OCc2cccc(O)c2)c1. The smallest absolute Gasteiger partial charge is 0.163 e. The molecule has 0 radical (unpaired) electrons. The van der Waals surface area contributed by atoms with Gasteiger partial charge in [0.1, 0.15) is 24.7 Å². The molecule has 0 aliphatic carbocycles. The number of hydrogen-bond donors (Lipinski definition) is 2. The molecule has 4 nitrogen and oxygen atoms in total. The van der Waals surface area contributed by atoms with E-state index >= 15 is 0 Å². The van der Waals surface area contributed by atoms with Crippen molar-refractivity contribution in [2.75, 3.05) is 0 Å². The first-order valence-electron chi connectivity index (χ1n) is 7.71. The minimum absolute atomic E-state index is 0.188. The first kappa shape index (κ1) is 17.0. The third kappa shape index (κ3) is 4.81. The van der Waals surface area contributed by atoms with E-state index in [1.165, 1.54) is 0 Å². The molecule has 128 valence electrons. The average molecular weight is 357 g/mol. The largest absolute Gasteiger partial charge is 0.508 e. The predicted octanol–water partition coefficient (Wildman–Crippen LogP) is 4.91. The zero-order valence-electron chi connectivity index (χ0n) is 13.4. The molecule has 0 atom stereocenters. The number of phenolic OH excluding ortho intramolecular Hbond substituents is 2. The summed E-state index contributed by atoms with van der Waals surface area (Å²) in [7, 11) is 0. The summed E-state index contributed by atoms with van der Waals surface area (Å²) in [6.07, 6.45) is 0. The Balaban J connectivity index is 1.71. The molecule has 0 heterocycles. The fourth-order valence-electron chi connectivity index (χ4n) is 2.33. The first-order valence-corrected chi connectivity index (χ1v) is 8.09. The highest BCUT2D eigenvalue weighted by molar-refractivity contribution is 6.30. The van der Waals surface area contributed by atoms with E-state index in [-0.39, 0.29) is 18.1 Å². The van der Waals surface area contributed by atoms with Gasteiger partial charge in [-0.1, -0.05) is 35.9 Å². The van der Waals surface area contributed by atoms with Gasteiger partial charge in [0.25, 0.3) is 0 Å². The Hall–Kier alpha value is -2.85. The molecule has 0 fully saturated rings. The van der Waals surface area contributed by atoms with E-state index in [1.54, 1.807) is 54.6 Å². The molecule has 25 heavy (non-hydrogen) atoms. The molecular formula is C20H17ClO4. The Labute approximate surface area is 150 Å². The van der Waals surface area contributed by atoms with E-state index < -0.39 is 0 Å². The number of hydrogen-bond acceptors (Lipinski definition) is 4. The summed E-state index contributed by atoms with van der Waals surface area (Å²) in [6.45, 7) is 0.565. The predicted molar refractivity (Wildman–Crippen MR) is 96.3 cm³/mol. The molecule has 0 bridgehead atoms. The Kier molecular flexibility index (Phi) is 5.31. The van der Waals surface area contributed by atoms with E-state index in [1.807, 2.05) is 12.1 Å². The number of aromatic hydroxyl groups is 2. The maximum atomic E-state index is 9.52. The molecule has 3 aromatic rings. The van der Waals surface area contributed by atoms with Gasteiger partial charge in [0.05, 0.1) is 0 Å². The van der Waals surface area contributed by atoms with Crippen LogP contribution in [0, 0.1) is 0 Å². The van der Waals surface area contributed by atoms with Crippen LogP contribution < -0.4 is 9.47 Å². The molecule has 0 aromatic heterocycles. The molecule has 0 spiro atoms. The third-order valence-corrected chi connectivity index (χ3v) is 3.75. The normalized spacial score (nSPS) is 10.4. The highest BCUT2D eigenvalue weighted by atomic mass is 35.5. The van der Waals surface area contributed by atoms with Gasteiger partial charge in [-0.2, -0.15) is 0 Å². The van der Waals surface area contributed by atoms with E-state index in [9.17, 15) is 10.2 Å². The maximum Gasteiger partial charge on any atom is 0.163 e. The monoisotopic (exact) mass is 356 g/mol. The van der Waals surface area contributed by atoms with Gasteiger partial charge in [-0.05, 0) is 47.5 Å².